The normalized spacial score (nSPS) is 14.9. The van der Waals surface area contributed by atoms with Crippen molar-refractivity contribution in [3.05, 3.63) is 68.5 Å². The Balaban J connectivity index is 1.40. The molecule has 0 bridgehead atoms. The highest BCUT2D eigenvalue weighted by molar-refractivity contribution is 7.12. The third kappa shape index (κ3) is 4.58. The van der Waals surface area contributed by atoms with Crippen molar-refractivity contribution in [1.82, 2.24) is 9.88 Å². The van der Waals surface area contributed by atoms with Gasteiger partial charge in [-0.05, 0) is 42.9 Å². The van der Waals surface area contributed by atoms with Gasteiger partial charge in [-0.2, -0.15) is 0 Å². The first-order chi connectivity index (χ1) is 14.0. The van der Waals surface area contributed by atoms with Crippen molar-refractivity contribution < 1.29 is 9.90 Å². The number of phenolic OH excluding ortho intramolecular Hbond substituents is 1. The van der Waals surface area contributed by atoms with Crippen LogP contribution in [-0.4, -0.2) is 34.0 Å². The number of phenols is 1. The molecule has 0 unspecified atom stereocenters. The van der Waals surface area contributed by atoms with Crippen molar-refractivity contribution in [2.45, 2.75) is 19.3 Å². The molecule has 2 aromatic carbocycles. The SMILES string of the molecule is O=C(c1nc(-c2cc(Cl)c(O)c(Cl)c2)cs1)N1CCC(Cc2ccccc2)CC1. The summed E-state index contributed by atoms with van der Waals surface area (Å²) in [6.45, 7) is 1.50. The molecule has 1 N–H and O–H groups in total. The van der Waals surface area contributed by atoms with Gasteiger partial charge in [0.25, 0.3) is 5.91 Å². The van der Waals surface area contributed by atoms with Crippen molar-refractivity contribution in [2.75, 3.05) is 13.1 Å². The zero-order valence-corrected chi connectivity index (χ0v) is 18.0. The molecule has 0 radical (unpaired) electrons. The second kappa shape index (κ2) is 8.74. The fraction of sp³-hybridized carbons (Fsp3) is 0.273. The van der Waals surface area contributed by atoms with Crippen LogP contribution in [0.4, 0.5) is 0 Å². The van der Waals surface area contributed by atoms with Gasteiger partial charge in [0.15, 0.2) is 10.8 Å². The third-order valence-corrected chi connectivity index (χ3v) is 6.68. The molecule has 0 saturated carbocycles. The Kier molecular flexibility index (Phi) is 6.09. The van der Waals surface area contributed by atoms with Gasteiger partial charge in [-0.3, -0.25) is 4.79 Å². The second-order valence-corrected chi connectivity index (χ2v) is 8.92. The summed E-state index contributed by atoms with van der Waals surface area (Å²) < 4.78 is 0. The maximum atomic E-state index is 12.9. The van der Waals surface area contributed by atoms with E-state index >= 15 is 0 Å². The molecule has 1 fully saturated rings. The summed E-state index contributed by atoms with van der Waals surface area (Å²) in [6, 6.07) is 13.7. The molecule has 1 saturated heterocycles. The van der Waals surface area contributed by atoms with Gasteiger partial charge >= 0.3 is 0 Å². The van der Waals surface area contributed by atoms with E-state index in [1.54, 1.807) is 12.1 Å². The molecule has 4 rings (SSSR count). The maximum absolute atomic E-state index is 12.9. The van der Waals surface area contributed by atoms with Gasteiger partial charge in [0, 0.05) is 24.0 Å². The lowest BCUT2D eigenvalue weighted by atomic mass is 9.90. The van der Waals surface area contributed by atoms with Gasteiger partial charge in [0.05, 0.1) is 15.7 Å². The number of likely N-dealkylation sites (tertiary alicyclic amines) is 1. The van der Waals surface area contributed by atoms with E-state index in [2.05, 4.69) is 29.2 Å². The molecule has 0 spiro atoms. The Morgan fingerprint density at radius 2 is 1.79 bits per heavy atom. The molecule has 1 amide bonds. The highest BCUT2D eigenvalue weighted by Crippen LogP contribution is 2.36. The Labute approximate surface area is 183 Å². The van der Waals surface area contributed by atoms with Crippen LogP contribution < -0.4 is 0 Å². The first kappa shape index (κ1) is 20.2. The predicted octanol–water partition coefficient (Wildman–Crippen LogP) is 5.92. The first-order valence-electron chi connectivity index (χ1n) is 9.48. The standard InChI is InChI=1S/C22H20Cl2N2O2S/c23-17-11-16(12-18(24)20(17)27)19-13-29-21(25-19)22(28)26-8-6-15(7-9-26)10-14-4-2-1-3-5-14/h1-5,11-13,15,27H,6-10H2. The lowest BCUT2D eigenvalue weighted by Gasteiger charge is -2.31. The fourth-order valence-electron chi connectivity index (χ4n) is 3.64. The number of thiazole rings is 1. The van der Waals surface area contributed by atoms with Crippen molar-refractivity contribution in [3.8, 4) is 17.0 Å². The highest BCUT2D eigenvalue weighted by atomic mass is 35.5. The minimum absolute atomic E-state index is 0.0321. The largest absolute Gasteiger partial charge is 0.505 e. The van der Waals surface area contributed by atoms with Gasteiger partial charge in [-0.25, -0.2) is 4.98 Å². The predicted molar refractivity (Wildman–Crippen MR) is 118 cm³/mol. The van der Waals surface area contributed by atoms with Crippen LogP contribution >= 0.6 is 34.5 Å². The molecular formula is C22H20Cl2N2O2S. The lowest BCUT2D eigenvalue weighted by Crippen LogP contribution is -2.38. The number of aromatic hydroxyl groups is 1. The zero-order valence-electron chi connectivity index (χ0n) is 15.6. The van der Waals surface area contributed by atoms with Crippen molar-refractivity contribution in [2.24, 2.45) is 5.92 Å². The van der Waals surface area contributed by atoms with Crippen LogP contribution in [-0.2, 0) is 6.42 Å². The lowest BCUT2D eigenvalue weighted by molar-refractivity contribution is 0.0690. The van der Waals surface area contributed by atoms with Crippen molar-refractivity contribution in [3.63, 3.8) is 0 Å². The summed E-state index contributed by atoms with van der Waals surface area (Å²) >= 11 is 13.3. The number of hydrogen-bond acceptors (Lipinski definition) is 4. The minimum Gasteiger partial charge on any atom is -0.505 e. The number of carbonyl (C=O) groups is 1. The van der Waals surface area contributed by atoms with Crippen LogP contribution in [0.2, 0.25) is 10.0 Å². The molecule has 29 heavy (non-hydrogen) atoms. The number of hydrogen-bond donors (Lipinski definition) is 1. The van der Waals surface area contributed by atoms with Gasteiger partial charge in [-0.1, -0.05) is 53.5 Å². The van der Waals surface area contributed by atoms with Crippen molar-refractivity contribution >= 4 is 40.4 Å². The number of nitrogens with zero attached hydrogens (tertiary/aromatic N) is 2. The van der Waals surface area contributed by atoms with E-state index in [9.17, 15) is 9.90 Å². The van der Waals surface area contributed by atoms with Crippen LogP contribution in [0.5, 0.6) is 5.75 Å². The maximum Gasteiger partial charge on any atom is 0.282 e. The zero-order chi connectivity index (χ0) is 20.4. The van der Waals surface area contributed by atoms with Crippen LogP contribution in [0.25, 0.3) is 11.3 Å². The Morgan fingerprint density at radius 3 is 2.45 bits per heavy atom. The number of benzene rings is 2. The molecule has 0 aliphatic carbocycles. The van der Waals surface area contributed by atoms with E-state index in [4.69, 9.17) is 23.2 Å². The molecule has 7 heteroatoms. The highest BCUT2D eigenvalue weighted by Gasteiger charge is 2.25. The number of carbonyl (C=O) groups excluding carboxylic acids is 1. The Hall–Kier alpha value is -2.08. The minimum atomic E-state index is -0.151. The van der Waals surface area contributed by atoms with E-state index in [1.165, 1.54) is 16.9 Å². The number of piperidine rings is 1. The van der Waals surface area contributed by atoms with E-state index in [1.807, 2.05) is 16.3 Å². The van der Waals surface area contributed by atoms with Gasteiger partial charge in [0.2, 0.25) is 0 Å². The summed E-state index contributed by atoms with van der Waals surface area (Å²) in [5, 5.41) is 12.3. The summed E-state index contributed by atoms with van der Waals surface area (Å²) in [5.74, 6) is 0.423. The molecule has 1 aliphatic heterocycles. The number of aromatic nitrogens is 1. The summed E-state index contributed by atoms with van der Waals surface area (Å²) in [5.41, 5.74) is 2.66. The number of amides is 1. The summed E-state index contributed by atoms with van der Waals surface area (Å²) in [6.07, 6.45) is 3.07. The Bertz CT molecular complexity index is 992. The second-order valence-electron chi connectivity index (χ2n) is 7.25. The van der Waals surface area contributed by atoms with E-state index in [0.717, 1.165) is 32.4 Å². The topological polar surface area (TPSA) is 53.4 Å². The average molecular weight is 447 g/mol. The van der Waals surface area contributed by atoms with E-state index in [0.29, 0.717) is 22.2 Å². The Morgan fingerprint density at radius 1 is 1.14 bits per heavy atom. The van der Waals surface area contributed by atoms with Crippen LogP contribution in [0, 0.1) is 5.92 Å². The van der Waals surface area contributed by atoms with Crippen LogP contribution in [0.3, 0.4) is 0 Å². The molecule has 4 nitrogen and oxygen atoms in total. The van der Waals surface area contributed by atoms with Crippen LogP contribution in [0.1, 0.15) is 28.2 Å². The third-order valence-electron chi connectivity index (χ3n) is 5.27. The van der Waals surface area contributed by atoms with E-state index < -0.39 is 0 Å². The van der Waals surface area contributed by atoms with Gasteiger partial charge < -0.3 is 10.0 Å². The molecule has 0 atom stereocenters. The summed E-state index contributed by atoms with van der Waals surface area (Å²) in [7, 11) is 0. The smallest absolute Gasteiger partial charge is 0.282 e. The molecule has 3 aromatic rings. The first-order valence-corrected chi connectivity index (χ1v) is 11.1. The quantitative estimate of drug-likeness (QED) is 0.541. The van der Waals surface area contributed by atoms with Gasteiger partial charge in [-0.15, -0.1) is 11.3 Å². The number of rotatable bonds is 4. The van der Waals surface area contributed by atoms with Crippen LogP contribution in [0.15, 0.2) is 47.8 Å². The molecule has 1 aliphatic rings. The molecule has 2 heterocycles. The number of halogens is 2. The van der Waals surface area contributed by atoms with Gasteiger partial charge in [0.1, 0.15) is 0 Å². The van der Waals surface area contributed by atoms with Crippen molar-refractivity contribution in [1.29, 1.82) is 0 Å². The molecule has 1 aromatic heterocycles. The molecule has 150 valence electrons. The average Bonchev–Trinajstić information content (AvgIpc) is 3.23. The molecular weight excluding hydrogens is 427 g/mol. The summed E-state index contributed by atoms with van der Waals surface area (Å²) in [4.78, 5) is 19.3. The van der Waals surface area contributed by atoms with E-state index in [-0.39, 0.29) is 21.7 Å². The fourth-order valence-corrected chi connectivity index (χ4v) is 4.92. The monoisotopic (exact) mass is 446 g/mol.